The van der Waals surface area contributed by atoms with Gasteiger partial charge < -0.3 is 15.5 Å². The minimum Gasteiger partial charge on any atom is -0.317 e. The molecule has 1 aromatic rings. The molecule has 1 saturated carbocycles. The number of nitrogens with one attached hydrogen (secondary N) is 2. The van der Waals surface area contributed by atoms with E-state index in [1.165, 1.54) is 0 Å². The fraction of sp³-hybridized carbons (Fsp3) is 0.733. The predicted molar refractivity (Wildman–Crippen MR) is 82.1 cm³/mol. The normalized spacial score (nSPS) is 23.5. The third-order valence-corrected chi connectivity index (χ3v) is 4.77. The van der Waals surface area contributed by atoms with Gasteiger partial charge in [-0.15, -0.1) is 0 Å². The van der Waals surface area contributed by atoms with Crippen LogP contribution in [0.3, 0.4) is 0 Å². The monoisotopic (exact) mass is 291 g/mol. The van der Waals surface area contributed by atoms with Crippen molar-refractivity contribution < 1.29 is 4.79 Å². The fourth-order valence-electron chi connectivity index (χ4n) is 3.26. The molecule has 116 valence electrons. The van der Waals surface area contributed by atoms with Crippen molar-refractivity contribution in [1.82, 2.24) is 20.0 Å². The Morgan fingerprint density at radius 1 is 1.52 bits per heavy atom. The molecule has 1 spiro atoms. The molecule has 2 aliphatic rings. The summed E-state index contributed by atoms with van der Waals surface area (Å²) in [7, 11) is 4.08. The minimum atomic E-state index is 0.148. The van der Waals surface area contributed by atoms with Crippen molar-refractivity contribution in [1.29, 1.82) is 0 Å². The van der Waals surface area contributed by atoms with Gasteiger partial charge in [0.05, 0.1) is 6.54 Å². The zero-order valence-corrected chi connectivity index (χ0v) is 12.9. The lowest BCUT2D eigenvalue weighted by atomic mass is 9.92. The summed E-state index contributed by atoms with van der Waals surface area (Å²) >= 11 is 0. The molecular formula is C15H25N5O. The van der Waals surface area contributed by atoms with Crippen LogP contribution in [0.4, 0.5) is 5.82 Å². The number of piperidine rings is 1. The first kappa shape index (κ1) is 14.5. The third-order valence-electron chi connectivity index (χ3n) is 4.77. The van der Waals surface area contributed by atoms with Gasteiger partial charge >= 0.3 is 0 Å². The van der Waals surface area contributed by atoms with Gasteiger partial charge in [0.2, 0.25) is 5.91 Å². The van der Waals surface area contributed by atoms with Gasteiger partial charge in [0.25, 0.3) is 0 Å². The van der Waals surface area contributed by atoms with Crippen molar-refractivity contribution in [3.63, 3.8) is 0 Å². The predicted octanol–water partition coefficient (Wildman–Crippen LogP) is 0.773. The van der Waals surface area contributed by atoms with Crippen LogP contribution in [-0.2, 0) is 11.3 Å². The van der Waals surface area contributed by atoms with Gasteiger partial charge in [0.15, 0.2) is 5.82 Å². The van der Waals surface area contributed by atoms with E-state index in [0.29, 0.717) is 5.82 Å². The molecule has 0 radical (unpaired) electrons. The molecule has 1 amide bonds. The summed E-state index contributed by atoms with van der Waals surface area (Å²) in [5, 5.41) is 10.8. The average molecular weight is 291 g/mol. The summed E-state index contributed by atoms with van der Waals surface area (Å²) in [6, 6.07) is 1.88. The summed E-state index contributed by atoms with van der Waals surface area (Å²) in [4.78, 5) is 14.5. The smallest absolute Gasteiger partial charge is 0.229 e. The van der Waals surface area contributed by atoms with Crippen molar-refractivity contribution >= 4 is 11.7 Å². The molecular weight excluding hydrogens is 266 g/mol. The van der Waals surface area contributed by atoms with Gasteiger partial charge in [0, 0.05) is 24.7 Å². The minimum absolute atomic E-state index is 0.148. The zero-order valence-electron chi connectivity index (χ0n) is 12.9. The maximum absolute atomic E-state index is 12.3. The Balaban J connectivity index is 1.51. The van der Waals surface area contributed by atoms with E-state index in [2.05, 4.69) is 20.6 Å². The maximum Gasteiger partial charge on any atom is 0.229 e. The second-order valence-electron chi connectivity index (χ2n) is 6.63. The van der Waals surface area contributed by atoms with Crippen LogP contribution in [0.5, 0.6) is 0 Å². The van der Waals surface area contributed by atoms with Crippen LogP contribution in [0.15, 0.2) is 12.3 Å². The number of anilines is 1. The lowest BCUT2D eigenvalue weighted by Gasteiger charge is -2.23. The lowest BCUT2D eigenvalue weighted by Crippen LogP contribution is -2.31. The molecule has 2 fully saturated rings. The van der Waals surface area contributed by atoms with Crippen molar-refractivity contribution in [3.05, 3.63) is 12.3 Å². The van der Waals surface area contributed by atoms with E-state index in [1.807, 2.05) is 31.0 Å². The Kier molecular flexibility index (Phi) is 3.99. The van der Waals surface area contributed by atoms with Crippen LogP contribution in [0.2, 0.25) is 0 Å². The second-order valence-corrected chi connectivity index (χ2v) is 6.63. The van der Waals surface area contributed by atoms with Crippen LogP contribution < -0.4 is 10.6 Å². The Labute approximate surface area is 125 Å². The highest BCUT2D eigenvalue weighted by Crippen LogP contribution is 2.58. The Morgan fingerprint density at radius 3 is 3.00 bits per heavy atom. The standard InChI is InChI=1S/C15H25N5O/c1-19(2)9-10-20-8-3-13(18-20)17-14(21)12-11-15(12)4-6-16-7-5-15/h3,8,12,16H,4-7,9-11H2,1-2H3,(H,17,18,21). The number of amides is 1. The molecule has 1 aliphatic carbocycles. The molecule has 21 heavy (non-hydrogen) atoms. The number of carbonyl (C=O) groups excluding carboxylic acids is 1. The van der Waals surface area contributed by atoms with E-state index in [1.54, 1.807) is 0 Å². The molecule has 1 saturated heterocycles. The van der Waals surface area contributed by atoms with E-state index >= 15 is 0 Å². The second kappa shape index (κ2) is 5.77. The third kappa shape index (κ3) is 3.27. The van der Waals surface area contributed by atoms with Gasteiger partial charge in [-0.25, -0.2) is 0 Å². The van der Waals surface area contributed by atoms with Gasteiger partial charge in [-0.05, 0) is 51.9 Å². The number of nitrogens with zero attached hydrogens (tertiary/aromatic N) is 3. The Hall–Kier alpha value is -1.40. The molecule has 1 atom stereocenters. The molecule has 3 rings (SSSR count). The zero-order chi connectivity index (χ0) is 14.9. The molecule has 0 aromatic carbocycles. The quantitative estimate of drug-likeness (QED) is 0.841. The van der Waals surface area contributed by atoms with E-state index in [-0.39, 0.29) is 17.2 Å². The first-order valence-electron chi connectivity index (χ1n) is 7.79. The van der Waals surface area contributed by atoms with Crippen molar-refractivity contribution in [2.45, 2.75) is 25.8 Å². The van der Waals surface area contributed by atoms with E-state index in [0.717, 1.165) is 45.4 Å². The molecule has 2 heterocycles. The van der Waals surface area contributed by atoms with Crippen LogP contribution >= 0.6 is 0 Å². The summed E-state index contributed by atoms with van der Waals surface area (Å²) in [5.41, 5.74) is 0.281. The average Bonchev–Trinajstić information content (AvgIpc) is 2.95. The highest BCUT2D eigenvalue weighted by atomic mass is 16.2. The summed E-state index contributed by atoms with van der Waals surface area (Å²) in [6.45, 7) is 3.86. The number of hydrogen-bond donors (Lipinski definition) is 2. The Morgan fingerprint density at radius 2 is 2.29 bits per heavy atom. The maximum atomic E-state index is 12.3. The molecule has 2 N–H and O–H groups in total. The molecule has 0 bridgehead atoms. The van der Waals surface area contributed by atoms with Gasteiger partial charge in [-0.2, -0.15) is 5.10 Å². The van der Waals surface area contributed by atoms with Gasteiger partial charge in [-0.3, -0.25) is 9.48 Å². The number of carbonyl (C=O) groups is 1. The van der Waals surface area contributed by atoms with Crippen LogP contribution in [0, 0.1) is 11.3 Å². The summed E-state index contributed by atoms with van der Waals surface area (Å²) in [6.07, 6.45) is 5.22. The van der Waals surface area contributed by atoms with Gasteiger partial charge in [0.1, 0.15) is 0 Å². The van der Waals surface area contributed by atoms with E-state index < -0.39 is 0 Å². The molecule has 1 aliphatic heterocycles. The summed E-state index contributed by atoms with van der Waals surface area (Å²) < 4.78 is 1.88. The van der Waals surface area contributed by atoms with Crippen LogP contribution in [0.25, 0.3) is 0 Å². The Bertz CT molecular complexity index is 504. The number of likely N-dealkylation sites (N-methyl/N-ethyl adjacent to an activating group) is 1. The topological polar surface area (TPSA) is 62.2 Å². The van der Waals surface area contributed by atoms with E-state index in [4.69, 9.17) is 0 Å². The molecule has 6 heteroatoms. The fourth-order valence-corrected chi connectivity index (χ4v) is 3.26. The van der Waals surface area contributed by atoms with Gasteiger partial charge in [-0.1, -0.05) is 0 Å². The van der Waals surface area contributed by atoms with Crippen molar-refractivity contribution in [2.75, 3.05) is 39.0 Å². The van der Waals surface area contributed by atoms with Crippen LogP contribution in [-0.4, -0.2) is 54.3 Å². The molecule has 6 nitrogen and oxygen atoms in total. The summed E-state index contributed by atoms with van der Waals surface area (Å²) in [5.74, 6) is 1.01. The van der Waals surface area contributed by atoms with Crippen LogP contribution in [0.1, 0.15) is 19.3 Å². The number of rotatable bonds is 5. The molecule has 1 unspecified atom stereocenters. The van der Waals surface area contributed by atoms with E-state index in [9.17, 15) is 4.79 Å². The van der Waals surface area contributed by atoms with Crippen molar-refractivity contribution in [2.24, 2.45) is 11.3 Å². The lowest BCUT2D eigenvalue weighted by molar-refractivity contribution is -0.118. The SMILES string of the molecule is CN(C)CCn1ccc(NC(=O)C2CC23CCNCC3)n1. The highest BCUT2D eigenvalue weighted by Gasteiger charge is 2.57. The first-order valence-corrected chi connectivity index (χ1v) is 7.79. The molecule has 1 aromatic heterocycles. The highest BCUT2D eigenvalue weighted by molar-refractivity contribution is 5.94. The number of aromatic nitrogens is 2. The largest absolute Gasteiger partial charge is 0.317 e. The number of hydrogen-bond acceptors (Lipinski definition) is 4. The van der Waals surface area contributed by atoms with Crippen molar-refractivity contribution in [3.8, 4) is 0 Å². The first-order chi connectivity index (χ1) is 10.1.